The number of alkyl halides is 3. The average Bonchev–Trinajstić information content (AvgIpc) is 3.42. The third kappa shape index (κ3) is 3.55. The molecule has 3 aromatic heterocycles. The Hall–Kier alpha value is -2.89. The lowest BCUT2D eigenvalue weighted by atomic mass is 10.1. The van der Waals surface area contributed by atoms with Crippen molar-refractivity contribution in [2.45, 2.75) is 32.0 Å². The Labute approximate surface area is 173 Å². The van der Waals surface area contributed by atoms with Gasteiger partial charge in [-0.25, -0.2) is 14.5 Å². The van der Waals surface area contributed by atoms with Crippen LogP contribution >= 0.6 is 11.3 Å². The lowest BCUT2D eigenvalue weighted by Gasteiger charge is -2.31. The molecule has 1 aliphatic heterocycles. The molecule has 1 amide bonds. The van der Waals surface area contributed by atoms with Crippen LogP contribution in [0.1, 0.15) is 40.1 Å². The largest absolute Gasteiger partial charge is 0.451 e. The summed E-state index contributed by atoms with van der Waals surface area (Å²) >= 11 is 1.29. The van der Waals surface area contributed by atoms with Crippen LogP contribution in [0.25, 0.3) is 5.13 Å². The van der Waals surface area contributed by atoms with E-state index in [2.05, 4.69) is 10.1 Å². The predicted octanol–water partition coefficient (Wildman–Crippen LogP) is 2.63. The van der Waals surface area contributed by atoms with E-state index in [9.17, 15) is 22.8 Å². The Morgan fingerprint density at radius 2 is 1.83 bits per heavy atom. The maximum absolute atomic E-state index is 13.0. The van der Waals surface area contributed by atoms with Crippen molar-refractivity contribution < 1.29 is 18.0 Å². The number of hydrogen-bond donors (Lipinski definition) is 0. The summed E-state index contributed by atoms with van der Waals surface area (Å²) in [5.74, 6) is -1.38. The number of amides is 1. The summed E-state index contributed by atoms with van der Waals surface area (Å²) in [7, 11) is 1.06. The molecule has 8 nitrogen and oxygen atoms in total. The Morgan fingerprint density at radius 3 is 2.40 bits per heavy atom. The van der Waals surface area contributed by atoms with Gasteiger partial charge >= 0.3 is 11.9 Å². The number of nitrogens with zero attached hydrogens (tertiary/aromatic N) is 6. The van der Waals surface area contributed by atoms with Gasteiger partial charge in [0.1, 0.15) is 4.88 Å². The van der Waals surface area contributed by atoms with Gasteiger partial charge in [0.2, 0.25) is 5.82 Å². The zero-order valence-electron chi connectivity index (χ0n) is 16.3. The van der Waals surface area contributed by atoms with Crippen LogP contribution in [0, 0.1) is 6.92 Å². The van der Waals surface area contributed by atoms with Crippen molar-refractivity contribution in [1.82, 2.24) is 28.8 Å². The van der Waals surface area contributed by atoms with Gasteiger partial charge in [-0.15, -0.1) is 5.10 Å². The van der Waals surface area contributed by atoms with Crippen molar-refractivity contribution >= 4 is 17.2 Å². The molecule has 0 atom stereocenters. The minimum atomic E-state index is -4.70. The molecule has 4 heterocycles. The van der Waals surface area contributed by atoms with Crippen molar-refractivity contribution in [3.8, 4) is 5.13 Å². The molecule has 0 aromatic carbocycles. The first-order valence-corrected chi connectivity index (χ1v) is 10.1. The number of piperidine rings is 1. The number of carbonyl (C=O) groups excluding carboxylic acids is 1. The molecule has 160 valence electrons. The molecule has 1 saturated heterocycles. The molecule has 4 rings (SSSR count). The summed E-state index contributed by atoms with van der Waals surface area (Å²) in [5, 5.41) is 4.20. The first-order chi connectivity index (χ1) is 14.2. The van der Waals surface area contributed by atoms with Gasteiger partial charge in [0.15, 0.2) is 5.13 Å². The van der Waals surface area contributed by atoms with Gasteiger partial charge in [0, 0.05) is 32.5 Å². The van der Waals surface area contributed by atoms with Crippen molar-refractivity contribution in [2.24, 2.45) is 7.05 Å². The molecule has 0 aliphatic carbocycles. The second-order valence-corrected chi connectivity index (χ2v) is 8.11. The SMILES string of the molecule is Cc1nc(-n2cccc2)sc1C(=O)N1CCC(n2nc(C(F)(F)F)n(C)c2=O)CC1. The van der Waals surface area contributed by atoms with Crippen molar-refractivity contribution in [2.75, 3.05) is 13.1 Å². The van der Waals surface area contributed by atoms with Crippen LogP contribution in [0.2, 0.25) is 0 Å². The molecule has 0 radical (unpaired) electrons. The fourth-order valence-corrected chi connectivity index (χ4v) is 4.55. The summed E-state index contributed by atoms with van der Waals surface area (Å²) in [6.07, 6.45) is -0.308. The van der Waals surface area contributed by atoms with Gasteiger partial charge in [-0.1, -0.05) is 11.3 Å². The molecule has 0 bridgehead atoms. The van der Waals surface area contributed by atoms with Crippen LogP contribution in [0.5, 0.6) is 0 Å². The van der Waals surface area contributed by atoms with E-state index in [0.29, 0.717) is 46.2 Å². The Kier molecular flexibility index (Phi) is 5.04. The molecule has 1 aliphatic rings. The van der Waals surface area contributed by atoms with E-state index in [1.54, 1.807) is 11.8 Å². The highest BCUT2D eigenvalue weighted by Crippen LogP contribution is 2.29. The molecule has 0 unspecified atom stereocenters. The van der Waals surface area contributed by atoms with E-state index in [4.69, 9.17) is 0 Å². The minimum Gasteiger partial charge on any atom is -0.338 e. The van der Waals surface area contributed by atoms with Crippen LogP contribution < -0.4 is 5.69 Å². The zero-order valence-corrected chi connectivity index (χ0v) is 17.1. The standard InChI is InChI=1S/C18H19F3N6O2S/c1-11-13(30-16(22-11)26-7-3-4-8-26)14(28)25-9-5-12(6-10-25)27-17(29)24(2)15(23-27)18(19,20)21/h3-4,7-8,12H,5-6,9-10H2,1-2H3. The van der Waals surface area contributed by atoms with E-state index in [-0.39, 0.29) is 5.91 Å². The van der Waals surface area contributed by atoms with E-state index in [1.807, 2.05) is 29.1 Å². The molecular formula is C18H19F3N6O2S. The Balaban J connectivity index is 1.48. The summed E-state index contributed by atoms with van der Waals surface area (Å²) in [6.45, 7) is 2.42. The summed E-state index contributed by atoms with van der Waals surface area (Å²) in [5.41, 5.74) is -0.173. The lowest BCUT2D eigenvalue weighted by molar-refractivity contribution is -0.147. The van der Waals surface area contributed by atoms with Gasteiger partial charge in [-0.05, 0) is 31.9 Å². The molecule has 3 aromatic rings. The molecular weight excluding hydrogens is 421 g/mol. The number of aryl methyl sites for hydroxylation is 1. The monoisotopic (exact) mass is 440 g/mol. The lowest BCUT2D eigenvalue weighted by Crippen LogP contribution is -2.41. The number of carbonyl (C=O) groups is 1. The first-order valence-electron chi connectivity index (χ1n) is 9.29. The molecule has 1 fully saturated rings. The number of thiazole rings is 1. The molecule has 0 spiro atoms. The Morgan fingerprint density at radius 1 is 1.20 bits per heavy atom. The zero-order chi connectivity index (χ0) is 21.6. The highest BCUT2D eigenvalue weighted by molar-refractivity contribution is 7.16. The van der Waals surface area contributed by atoms with E-state index < -0.39 is 23.7 Å². The smallest absolute Gasteiger partial charge is 0.338 e. The van der Waals surface area contributed by atoms with Gasteiger partial charge in [-0.2, -0.15) is 13.2 Å². The van der Waals surface area contributed by atoms with Gasteiger partial charge < -0.3 is 9.47 Å². The van der Waals surface area contributed by atoms with Crippen LogP contribution in [0.15, 0.2) is 29.3 Å². The second kappa shape index (κ2) is 7.42. The summed E-state index contributed by atoms with van der Waals surface area (Å²) in [6, 6.07) is 3.25. The number of rotatable bonds is 3. The molecule has 30 heavy (non-hydrogen) atoms. The van der Waals surface area contributed by atoms with Gasteiger partial charge in [0.25, 0.3) is 5.91 Å². The number of halogens is 3. The van der Waals surface area contributed by atoms with E-state index >= 15 is 0 Å². The average molecular weight is 440 g/mol. The van der Waals surface area contributed by atoms with Gasteiger partial charge in [-0.3, -0.25) is 9.36 Å². The van der Waals surface area contributed by atoms with Crippen molar-refractivity contribution in [3.63, 3.8) is 0 Å². The van der Waals surface area contributed by atoms with Crippen LogP contribution in [-0.2, 0) is 13.2 Å². The van der Waals surface area contributed by atoms with E-state index in [0.717, 1.165) is 11.7 Å². The number of likely N-dealkylation sites (tertiary alicyclic amines) is 1. The predicted molar refractivity (Wildman–Crippen MR) is 103 cm³/mol. The van der Waals surface area contributed by atoms with Crippen molar-refractivity contribution in [1.29, 1.82) is 0 Å². The summed E-state index contributed by atoms with van der Waals surface area (Å²) in [4.78, 5) is 31.8. The fourth-order valence-electron chi connectivity index (χ4n) is 3.55. The maximum atomic E-state index is 13.0. The fraction of sp³-hybridized carbons (Fsp3) is 0.444. The molecule has 12 heteroatoms. The van der Waals surface area contributed by atoms with E-state index in [1.165, 1.54) is 11.3 Å². The Bertz CT molecular complexity index is 1120. The third-order valence-electron chi connectivity index (χ3n) is 5.16. The molecule has 0 saturated carbocycles. The summed E-state index contributed by atoms with van der Waals surface area (Å²) < 4.78 is 42.3. The van der Waals surface area contributed by atoms with Crippen LogP contribution in [-0.4, -0.2) is 47.8 Å². The normalized spacial score (nSPS) is 15.7. The van der Waals surface area contributed by atoms with Crippen LogP contribution in [0.4, 0.5) is 13.2 Å². The quantitative estimate of drug-likeness (QED) is 0.627. The van der Waals surface area contributed by atoms with Crippen molar-refractivity contribution in [3.05, 3.63) is 51.4 Å². The highest BCUT2D eigenvalue weighted by Gasteiger charge is 2.39. The topological polar surface area (TPSA) is 78.0 Å². The first kappa shape index (κ1) is 20.4. The maximum Gasteiger partial charge on any atom is 0.451 e. The minimum absolute atomic E-state index is 0.161. The van der Waals surface area contributed by atoms with Crippen LogP contribution in [0.3, 0.4) is 0 Å². The number of hydrogen-bond acceptors (Lipinski definition) is 5. The number of aromatic nitrogens is 5. The highest BCUT2D eigenvalue weighted by atomic mass is 32.1. The van der Waals surface area contributed by atoms with Gasteiger partial charge in [0.05, 0.1) is 11.7 Å². The molecule has 0 N–H and O–H groups in total. The second-order valence-electron chi connectivity index (χ2n) is 7.13. The third-order valence-corrected chi connectivity index (χ3v) is 6.32.